The van der Waals surface area contributed by atoms with Crippen LogP contribution in [0.4, 0.5) is 0 Å². The molecule has 16 heavy (non-hydrogen) atoms. The van der Waals surface area contributed by atoms with Crippen LogP contribution in [0.15, 0.2) is 22.6 Å². The van der Waals surface area contributed by atoms with Gasteiger partial charge < -0.3 is 14.9 Å². The van der Waals surface area contributed by atoms with Crippen molar-refractivity contribution >= 4 is 11.1 Å². The van der Waals surface area contributed by atoms with Crippen LogP contribution in [0, 0.1) is 6.92 Å². The third-order valence-corrected chi connectivity index (χ3v) is 2.58. The van der Waals surface area contributed by atoms with E-state index < -0.39 is 0 Å². The van der Waals surface area contributed by atoms with Crippen molar-refractivity contribution in [3.63, 3.8) is 0 Å². The Labute approximate surface area is 94.4 Å². The Balaban J connectivity index is 2.29. The summed E-state index contributed by atoms with van der Waals surface area (Å²) in [5.74, 6) is 0.585. The van der Waals surface area contributed by atoms with Crippen molar-refractivity contribution in [2.45, 2.75) is 19.4 Å². The Morgan fingerprint density at radius 2 is 2.31 bits per heavy atom. The molecular formula is C12H16N2O2. The van der Waals surface area contributed by atoms with Crippen LogP contribution >= 0.6 is 0 Å². The number of nitrogens with two attached hydrogens (primary N) is 1. The lowest BCUT2D eigenvalue weighted by atomic mass is 10.2. The number of ether oxygens (including phenoxy) is 1. The van der Waals surface area contributed by atoms with Gasteiger partial charge in [0.2, 0.25) is 5.89 Å². The molecule has 2 rings (SSSR count). The number of aromatic nitrogens is 1. The fourth-order valence-corrected chi connectivity index (χ4v) is 1.63. The van der Waals surface area contributed by atoms with Gasteiger partial charge in [-0.15, -0.1) is 0 Å². The van der Waals surface area contributed by atoms with Gasteiger partial charge in [-0.1, -0.05) is 12.1 Å². The number of para-hydroxylation sites is 1. The smallest absolute Gasteiger partial charge is 0.212 e. The maximum Gasteiger partial charge on any atom is 0.212 e. The number of methoxy groups -OCH3 is 1. The van der Waals surface area contributed by atoms with Gasteiger partial charge >= 0.3 is 0 Å². The van der Waals surface area contributed by atoms with Crippen LogP contribution in [0.5, 0.6) is 0 Å². The first-order valence-corrected chi connectivity index (χ1v) is 5.33. The molecular weight excluding hydrogens is 204 g/mol. The Morgan fingerprint density at radius 1 is 1.50 bits per heavy atom. The first-order chi connectivity index (χ1) is 7.72. The first-order valence-electron chi connectivity index (χ1n) is 5.33. The minimum Gasteiger partial charge on any atom is -0.439 e. The Hall–Kier alpha value is -1.39. The zero-order valence-corrected chi connectivity index (χ0v) is 9.56. The molecule has 2 aromatic rings. The van der Waals surface area contributed by atoms with Crippen molar-refractivity contribution in [2.24, 2.45) is 5.73 Å². The van der Waals surface area contributed by atoms with E-state index in [1.165, 1.54) is 0 Å². The van der Waals surface area contributed by atoms with Crippen LogP contribution in [-0.4, -0.2) is 18.7 Å². The molecule has 0 spiro atoms. The summed E-state index contributed by atoms with van der Waals surface area (Å²) in [4.78, 5) is 4.38. The van der Waals surface area contributed by atoms with Gasteiger partial charge in [0.15, 0.2) is 5.58 Å². The standard InChI is InChI=1S/C12H16N2O2/c1-8-4-3-5-10-11(8)16-12(14-10)9(13)6-7-15-2/h3-5,9H,6-7,13H2,1-2H3. The molecule has 4 nitrogen and oxygen atoms in total. The maximum atomic E-state index is 5.96. The maximum absolute atomic E-state index is 5.96. The van der Waals surface area contributed by atoms with Gasteiger partial charge in [0.25, 0.3) is 0 Å². The quantitative estimate of drug-likeness (QED) is 0.857. The molecule has 2 N–H and O–H groups in total. The highest BCUT2D eigenvalue weighted by atomic mass is 16.5. The van der Waals surface area contributed by atoms with Gasteiger partial charge in [0, 0.05) is 13.7 Å². The summed E-state index contributed by atoms with van der Waals surface area (Å²) in [7, 11) is 1.66. The van der Waals surface area contributed by atoms with E-state index in [4.69, 9.17) is 14.9 Å². The summed E-state index contributed by atoms with van der Waals surface area (Å²) < 4.78 is 10.6. The minimum absolute atomic E-state index is 0.202. The largest absolute Gasteiger partial charge is 0.439 e. The van der Waals surface area contributed by atoms with Crippen LogP contribution in [0.2, 0.25) is 0 Å². The van der Waals surface area contributed by atoms with E-state index in [0.717, 1.165) is 16.7 Å². The summed E-state index contributed by atoms with van der Waals surface area (Å²) in [5.41, 5.74) is 8.73. The van der Waals surface area contributed by atoms with E-state index in [9.17, 15) is 0 Å². The van der Waals surface area contributed by atoms with Crippen molar-refractivity contribution in [1.82, 2.24) is 4.98 Å². The molecule has 0 bridgehead atoms. The molecule has 1 aromatic heterocycles. The van der Waals surface area contributed by atoms with E-state index in [-0.39, 0.29) is 6.04 Å². The number of fused-ring (bicyclic) bond motifs is 1. The third-order valence-electron chi connectivity index (χ3n) is 2.58. The SMILES string of the molecule is COCCC(N)c1nc2cccc(C)c2o1. The molecule has 0 aliphatic heterocycles. The lowest BCUT2D eigenvalue weighted by Crippen LogP contribution is -2.12. The molecule has 4 heteroatoms. The molecule has 1 atom stereocenters. The van der Waals surface area contributed by atoms with Crippen molar-refractivity contribution in [2.75, 3.05) is 13.7 Å². The second-order valence-electron chi connectivity index (χ2n) is 3.86. The summed E-state index contributed by atoms with van der Waals surface area (Å²) in [6.07, 6.45) is 0.711. The molecule has 0 saturated heterocycles. The van der Waals surface area contributed by atoms with Crippen LogP contribution < -0.4 is 5.73 Å². The highest BCUT2D eigenvalue weighted by Gasteiger charge is 2.14. The van der Waals surface area contributed by atoms with Crippen LogP contribution in [0.25, 0.3) is 11.1 Å². The van der Waals surface area contributed by atoms with E-state index in [1.54, 1.807) is 7.11 Å². The van der Waals surface area contributed by atoms with Crippen molar-refractivity contribution in [1.29, 1.82) is 0 Å². The van der Waals surface area contributed by atoms with Crippen molar-refractivity contribution < 1.29 is 9.15 Å². The normalized spacial score (nSPS) is 13.2. The number of hydrogen-bond acceptors (Lipinski definition) is 4. The van der Waals surface area contributed by atoms with E-state index >= 15 is 0 Å². The van der Waals surface area contributed by atoms with Crippen molar-refractivity contribution in [3.8, 4) is 0 Å². The summed E-state index contributed by atoms with van der Waals surface area (Å²) in [6.45, 7) is 2.61. The molecule has 0 aliphatic rings. The van der Waals surface area contributed by atoms with Gasteiger partial charge in [-0.05, 0) is 25.0 Å². The van der Waals surface area contributed by atoms with Gasteiger partial charge in [0.1, 0.15) is 5.52 Å². The number of hydrogen-bond donors (Lipinski definition) is 1. The third kappa shape index (κ3) is 2.08. The Bertz CT molecular complexity index is 479. The average Bonchev–Trinajstić information content (AvgIpc) is 2.71. The molecule has 1 aromatic carbocycles. The number of benzene rings is 1. The molecule has 0 radical (unpaired) electrons. The number of rotatable bonds is 4. The van der Waals surface area contributed by atoms with Gasteiger partial charge in [-0.2, -0.15) is 0 Å². The fourth-order valence-electron chi connectivity index (χ4n) is 1.63. The van der Waals surface area contributed by atoms with Crippen molar-refractivity contribution in [3.05, 3.63) is 29.7 Å². The van der Waals surface area contributed by atoms with E-state index in [1.807, 2.05) is 25.1 Å². The lowest BCUT2D eigenvalue weighted by molar-refractivity contribution is 0.184. The van der Waals surface area contributed by atoms with Gasteiger partial charge in [-0.25, -0.2) is 4.98 Å². The Morgan fingerprint density at radius 3 is 3.00 bits per heavy atom. The minimum atomic E-state index is -0.202. The topological polar surface area (TPSA) is 61.3 Å². The second-order valence-corrected chi connectivity index (χ2v) is 3.86. The van der Waals surface area contributed by atoms with Gasteiger partial charge in [-0.3, -0.25) is 0 Å². The number of nitrogens with zero attached hydrogens (tertiary/aromatic N) is 1. The van der Waals surface area contributed by atoms with Gasteiger partial charge in [0.05, 0.1) is 6.04 Å². The monoisotopic (exact) mass is 220 g/mol. The van der Waals surface area contributed by atoms with Crippen LogP contribution in [0.1, 0.15) is 23.9 Å². The van der Waals surface area contributed by atoms with Crippen LogP contribution in [0.3, 0.4) is 0 Å². The predicted molar refractivity (Wildman–Crippen MR) is 62.2 cm³/mol. The molecule has 0 aliphatic carbocycles. The number of aryl methyl sites for hydroxylation is 1. The second kappa shape index (κ2) is 4.63. The van der Waals surface area contributed by atoms with E-state index in [2.05, 4.69) is 4.98 Å². The number of oxazole rings is 1. The summed E-state index contributed by atoms with van der Waals surface area (Å²) in [5, 5.41) is 0. The molecule has 86 valence electrons. The fraction of sp³-hybridized carbons (Fsp3) is 0.417. The lowest BCUT2D eigenvalue weighted by Gasteiger charge is -2.05. The van der Waals surface area contributed by atoms with E-state index in [0.29, 0.717) is 18.9 Å². The average molecular weight is 220 g/mol. The Kier molecular flexibility index (Phi) is 3.22. The zero-order chi connectivity index (χ0) is 11.5. The zero-order valence-electron chi connectivity index (χ0n) is 9.56. The molecule has 0 fully saturated rings. The summed E-state index contributed by atoms with van der Waals surface area (Å²) >= 11 is 0. The highest BCUT2D eigenvalue weighted by Crippen LogP contribution is 2.23. The molecule has 1 unspecified atom stereocenters. The predicted octanol–water partition coefficient (Wildman–Crippen LogP) is 2.17. The van der Waals surface area contributed by atoms with Crippen LogP contribution in [-0.2, 0) is 4.74 Å². The highest BCUT2D eigenvalue weighted by molar-refractivity contribution is 5.76. The molecule has 1 heterocycles. The first kappa shape index (κ1) is 11.1. The summed E-state index contributed by atoms with van der Waals surface area (Å²) in [6, 6.07) is 5.69. The molecule has 0 saturated carbocycles. The molecule has 0 amide bonds.